The Morgan fingerprint density at radius 3 is 2.10 bits per heavy atom. The zero-order valence-electron chi connectivity index (χ0n) is 17.9. The van der Waals surface area contributed by atoms with Gasteiger partial charge in [0, 0.05) is 11.2 Å². The molecule has 3 N–H and O–H groups in total. The average Bonchev–Trinajstić information content (AvgIpc) is 2.69. The summed E-state index contributed by atoms with van der Waals surface area (Å²) in [5.74, 6) is -0.916. The Balaban J connectivity index is 2.04. The third-order valence-electron chi connectivity index (χ3n) is 4.64. The van der Waals surface area contributed by atoms with Crippen molar-refractivity contribution in [2.45, 2.75) is 39.4 Å². The summed E-state index contributed by atoms with van der Waals surface area (Å²) >= 11 is 0. The van der Waals surface area contributed by atoms with Gasteiger partial charge in [0.25, 0.3) is 11.8 Å². The van der Waals surface area contributed by atoms with Crippen LogP contribution in [0.1, 0.15) is 43.6 Å². The molecule has 9 heteroatoms. The Hall–Kier alpha value is -3.07. The van der Waals surface area contributed by atoms with E-state index in [1.807, 2.05) is 32.6 Å². The van der Waals surface area contributed by atoms with Crippen LogP contribution in [0.15, 0.2) is 48.5 Å². The summed E-state index contributed by atoms with van der Waals surface area (Å²) in [6, 6.07) is 11.0. The molecule has 0 aliphatic rings. The number of alkyl halides is 3. The number of anilines is 2. The lowest BCUT2D eigenvalue weighted by Crippen LogP contribution is -2.50. The van der Waals surface area contributed by atoms with E-state index in [1.54, 1.807) is 24.3 Å². The molecule has 0 heterocycles. The number of benzene rings is 2. The van der Waals surface area contributed by atoms with Gasteiger partial charge in [0.1, 0.15) is 0 Å². The van der Waals surface area contributed by atoms with E-state index in [-0.39, 0.29) is 23.6 Å². The third kappa shape index (κ3) is 6.99. The summed E-state index contributed by atoms with van der Waals surface area (Å²) in [7, 11) is 0. The quantitative estimate of drug-likeness (QED) is 0.590. The molecular weight excluding hydrogens is 409 g/mol. The number of hydrogen-bond donors (Lipinski definition) is 3. The first-order valence-corrected chi connectivity index (χ1v) is 9.79. The van der Waals surface area contributed by atoms with Crippen LogP contribution in [0.2, 0.25) is 0 Å². The molecule has 0 saturated carbocycles. The third-order valence-corrected chi connectivity index (χ3v) is 4.64. The van der Waals surface area contributed by atoms with Gasteiger partial charge in [0.2, 0.25) is 0 Å². The highest BCUT2D eigenvalue weighted by molar-refractivity contribution is 6.01. The van der Waals surface area contributed by atoms with Crippen LogP contribution in [0.3, 0.4) is 0 Å². The number of nitrogens with one attached hydrogen (secondary N) is 3. The van der Waals surface area contributed by atoms with Crippen LogP contribution in [-0.4, -0.2) is 35.3 Å². The van der Waals surface area contributed by atoms with Crippen molar-refractivity contribution in [1.82, 2.24) is 15.8 Å². The minimum Gasteiger partial charge on any atom is -0.355 e. The number of hydrazine groups is 1. The van der Waals surface area contributed by atoms with E-state index in [0.717, 1.165) is 12.1 Å². The molecule has 0 radical (unpaired) electrons. The summed E-state index contributed by atoms with van der Waals surface area (Å²) in [6.45, 7) is 8.71. The van der Waals surface area contributed by atoms with Gasteiger partial charge in [-0.1, -0.05) is 19.1 Å². The molecule has 0 atom stereocenters. The zero-order valence-corrected chi connectivity index (χ0v) is 17.9. The molecule has 31 heavy (non-hydrogen) atoms. The van der Waals surface area contributed by atoms with E-state index < -0.39 is 17.6 Å². The molecule has 0 fully saturated rings. The van der Waals surface area contributed by atoms with E-state index in [9.17, 15) is 22.8 Å². The monoisotopic (exact) mass is 436 g/mol. The predicted octanol–water partition coefficient (Wildman–Crippen LogP) is 4.33. The van der Waals surface area contributed by atoms with Crippen molar-refractivity contribution in [3.63, 3.8) is 0 Å². The second-order valence-electron chi connectivity index (χ2n) is 7.93. The van der Waals surface area contributed by atoms with Gasteiger partial charge in [-0.3, -0.25) is 25.3 Å². The van der Waals surface area contributed by atoms with Gasteiger partial charge in [-0.2, -0.15) is 13.2 Å². The van der Waals surface area contributed by atoms with Crippen LogP contribution in [0.25, 0.3) is 0 Å². The number of rotatable bonds is 6. The van der Waals surface area contributed by atoms with Crippen molar-refractivity contribution in [2.75, 3.05) is 18.4 Å². The fourth-order valence-electron chi connectivity index (χ4n) is 2.92. The molecule has 2 aromatic carbocycles. The first-order valence-electron chi connectivity index (χ1n) is 9.79. The fourth-order valence-corrected chi connectivity index (χ4v) is 2.92. The smallest absolute Gasteiger partial charge is 0.355 e. The maximum absolute atomic E-state index is 12.7. The summed E-state index contributed by atoms with van der Waals surface area (Å²) < 4.78 is 38.2. The lowest BCUT2D eigenvalue weighted by molar-refractivity contribution is -0.137. The highest BCUT2D eigenvalue weighted by Gasteiger charge is 2.30. The molecule has 6 nitrogen and oxygen atoms in total. The number of halogens is 3. The topological polar surface area (TPSA) is 73.5 Å². The second-order valence-corrected chi connectivity index (χ2v) is 7.93. The second kappa shape index (κ2) is 9.82. The van der Waals surface area contributed by atoms with Gasteiger partial charge in [-0.15, -0.1) is 0 Å². The summed E-state index contributed by atoms with van der Waals surface area (Å²) in [5.41, 5.74) is 4.83. The minimum atomic E-state index is -4.42. The maximum Gasteiger partial charge on any atom is 0.416 e. The van der Waals surface area contributed by atoms with Crippen LogP contribution in [0, 0.1) is 0 Å². The Kier molecular flexibility index (Phi) is 7.67. The Morgan fingerprint density at radius 2 is 1.55 bits per heavy atom. The van der Waals surface area contributed by atoms with E-state index in [4.69, 9.17) is 0 Å². The SMILES string of the molecule is CCN(CC(=O)NNC(=O)c1ccccc1Nc1ccc(C(F)(F)F)cc1)C(C)(C)C. The van der Waals surface area contributed by atoms with Crippen molar-refractivity contribution in [3.05, 3.63) is 59.7 Å². The molecular formula is C22H27F3N4O2. The predicted molar refractivity (Wildman–Crippen MR) is 114 cm³/mol. The molecule has 0 spiro atoms. The van der Waals surface area contributed by atoms with Crippen molar-refractivity contribution in [3.8, 4) is 0 Å². The van der Waals surface area contributed by atoms with Gasteiger partial charge in [-0.25, -0.2) is 0 Å². The Bertz CT molecular complexity index is 906. The van der Waals surface area contributed by atoms with Gasteiger partial charge in [0.05, 0.1) is 23.4 Å². The van der Waals surface area contributed by atoms with E-state index in [2.05, 4.69) is 16.2 Å². The van der Waals surface area contributed by atoms with Crippen LogP contribution in [0.5, 0.6) is 0 Å². The van der Waals surface area contributed by atoms with Gasteiger partial charge >= 0.3 is 6.18 Å². The zero-order chi connectivity index (χ0) is 23.2. The van der Waals surface area contributed by atoms with Crippen LogP contribution in [-0.2, 0) is 11.0 Å². The molecule has 2 amide bonds. The molecule has 0 aromatic heterocycles. The first-order chi connectivity index (χ1) is 14.4. The Labute approximate surface area is 179 Å². The normalized spacial score (nSPS) is 11.9. The number of likely N-dealkylation sites (N-methyl/N-ethyl adjacent to an activating group) is 1. The highest BCUT2D eigenvalue weighted by Crippen LogP contribution is 2.30. The molecule has 0 unspecified atom stereocenters. The van der Waals surface area contributed by atoms with Gasteiger partial charge in [-0.05, 0) is 63.7 Å². The van der Waals surface area contributed by atoms with Crippen LogP contribution < -0.4 is 16.2 Å². The van der Waals surface area contributed by atoms with Crippen molar-refractivity contribution in [2.24, 2.45) is 0 Å². The van der Waals surface area contributed by atoms with Crippen LogP contribution in [0.4, 0.5) is 24.5 Å². The molecule has 168 valence electrons. The maximum atomic E-state index is 12.7. The minimum absolute atomic E-state index is 0.117. The van der Waals surface area contributed by atoms with Crippen molar-refractivity contribution >= 4 is 23.2 Å². The van der Waals surface area contributed by atoms with Gasteiger partial charge < -0.3 is 5.32 Å². The standard InChI is InChI=1S/C22H27F3N4O2/c1-5-29(21(2,3)4)14-19(30)27-28-20(31)17-8-6-7-9-18(17)26-16-12-10-15(11-13-16)22(23,24)25/h6-13,26H,5,14H2,1-4H3,(H,27,30)(H,28,31). The van der Waals surface area contributed by atoms with Crippen molar-refractivity contribution in [1.29, 1.82) is 0 Å². The summed E-state index contributed by atoms with van der Waals surface area (Å²) in [5, 5.41) is 2.93. The van der Waals surface area contributed by atoms with Gasteiger partial charge in [0.15, 0.2) is 0 Å². The molecule has 2 aromatic rings. The number of carbonyl (C=O) groups excluding carboxylic acids is 2. The van der Waals surface area contributed by atoms with E-state index in [1.165, 1.54) is 12.1 Å². The fraction of sp³-hybridized carbons (Fsp3) is 0.364. The molecule has 2 rings (SSSR count). The molecule has 0 aliphatic carbocycles. The van der Waals surface area contributed by atoms with E-state index >= 15 is 0 Å². The lowest BCUT2D eigenvalue weighted by Gasteiger charge is -2.33. The molecule has 0 aliphatic heterocycles. The highest BCUT2D eigenvalue weighted by atomic mass is 19.4. The van der Waals surface area contributed by atoms with Crippen molar-refractivity contribution < 1.29 is 22.8 Å². The molecule has 0 bridgehead atoms. The number of amides is 2. The average molecular weight is 436 g/mol. The summed E-state index contributed by atoms with van der Waals surface area (Å²) in [4.78, 5) is 26.7. The Morgan fingerprint density at radius 1 is 0.935 bits per heavy atom. The van der Waals surface area contributed by atoms with Crippen LogP contribution >= 0.6 is 0 Å². The first kappa shape index (κ1) is 24.2. The number of hydrogen-bond acceptors (Lipinski definition) is 4. The van der Waals surface area contributed by atoms with E-state index in [0.29, 0.717) is 17.9 Å². The number of carbonyl (C=O) groups is 2. The number of para-hydroxylation sites is 1. The number of nitrogens with zero attached hydrogens (tertiary/aromatic N) is 1. The lowest BCUT2D eigenvalue weighted by atomic mass is 10.1. The molecule has 0 saturated heterocycles. The largest absolute Gasteiger partial charge is 0.416 e. The summed E-state index contributed by atoms with van der Waals surface area (Å²) in [6.07, 6.45) is -4.42.